The van der Waals surface area contributed by atoms with Gasteiger partial charge in [-0.25, -0.2) is 0 Å². The molecule has 0 aliphatic rings. The number of nitrogens with one attached hydrogen (secondary N) is 1. The van der Waals surface area contributed by atoms with Crippen LogP contribution < -0.4 is 10.1 Å². The molecule has 0 unspecified atom stereocenters. The third-order valence-corrected chi connectivity index (χ3v) is 3.00. The molecule has 23 heavy (non-hydrogen) atoms. The Kier molecular flexibility index (Phi) is 7.59. The molecule has 0 saturated heterocycles. The summed E-state index contributed by atoms with van der Waals surface area (Å²) in [5, 5.41) is 11.3. The highest BCUT2D eigenvalue weighted by molar-refractivity contribution is 5.98. The molecule has 0 radical (unpaired) electrons. The largest absolute Gasteiger partial charge is 0.493 e. The summed E-state index contributed by atoms with van der Waals surface area (Å²) in [4.78, 5) is 36.2. The number of para-hydroxylation sites is 1. The summed E-state index contributed by atoms with van der Waals surface area (Å²) in [6, 6.07) is 6.73. The molecule has 0 fully saturated rings. The van der Waals surface area contributed by atoms with Crippen LogP contribution >= 0.6 is 0 Å². The monoisotopic (exact) mass is 322 g/mol. The molecule has 7 nitrogen and oxygen atoms in total. The summed E-state index contributed by atoms with van der Waals surface area (Å²) in [6.07, 6.45) is 0.639. The van der Waals surface area contributed by atoms with Crippen molar-refractivity contribution >= 4 is 17.8 Å². The van der Waals surface area contributed by atoms with Gasteiger partial charge in [0, 0.05) is 6.54 Å². The fraction of sp³-hybridized carbons (Fsp3) is 0.438. The van der Waals surface area contributed by atoms with Crippen molar-refractivity contribution < 1.29 is 24.2 Å². The van der Waals surface area contributed by atoms with Crippen molar-refractivity contribution in [2.24, 2.45) is 0 Å². The number of benzene rings is 1. The molecular formula is C16H22N2O5. The maximum absolute atomic E-state index is 12.2. The SMILES string of the molecule is CCCN(CC(=O)O)C(=O)CNC(=O)c1ccccc1OCC. The smallest absolute Gasteiger partial charge is 0.323 e. The molecule has 126 valence electrons. The molecule has 0 saturated carbocycles. The summed E-state index contributed by atoms with van der Waals surface area (Å²) in [6.45, 7) is 3.78. The van der Waals surface area contributed by atoms with Crippen molar-refractivity contribution in [3.8, 4) is 5.75 Å². The van der Waals surface area contributed by atoms with E-state index >= 15 is 0 Å². The Morgan fingerprint density at radius 1 is 1.22 bits per heavy atom. The minimum atomic E-state index is -1.08. The third kappa shape index (κ3) is 5.98. The fourth-order valence-electron chi connectivity index (χ4n) is 2.02. The van der Waals surface area contributed by atoms with E-state index in [1.165, 1.54) is 4.90 Å². The van der Waals surface area contributed by atoms with Gasteiger partial charge in [0.05, 0.1) is 18.7 Å². The van der Waals surface area contributed by atoms with E-state index in [-0.39, 0.29) is 13.1 Å². The molecule has 0 spiro atoms. The third-order valence-electron chi connectivity index (χ3n) is 3.00. The summed E-state index contributed by atoms with van der Waals surface area (Å²) in [7, 11) is 0. The van der Waals surface area contributed by atoms with Crippen molar-refractivity contribution in [2.45, 2.75) is 20.3 Å². The topological polar surface area (TPSA) is 95.9 Å². The first kappa shape index (κ1) is 18.5. The van der Waals surface area contributed by atoms with Crippen molar-refractivity contribution in [1.29, 1.82) is 0 Å². The van der Waals surface area contributed by atoms with Gasteiger partial charge in [0.25, 0.3) is 5.91 Å². The van der Waals surface area contributed by atoms with Crippen LogP contribution in [0.5, 0.6) is 5.75 Å². The van der Waals surface area contributed by atoms with Crippen LogP contribution in [0.3, 0.4) is 0 Å². The average Bonchev–Trinajstić information content (AvgIpc) is 2.52. The van der Waals surface area contributed by atoms with E-state index < -0.39 is 17.8 Å². The van der Waals surface area contributed by atoms with Gasteiger partial charge in [-0.15, -0.1) is 0 Å². The normalized spacial score (nSPS) is 10.0. The van der Waals surface area contributed by atoms with Gasteiger partial charge in [0.15, 0.2) is 0 Å². The Labute approximate surface area is 135 Å². The summed E-state index contributed by atoms with van der Waals surface area (Å²) in [5.74, 6) is -1.51. The van der Waals surface area contributed by atoms with E-state index in [1.807, 2.05) is 13.8 Å². The Morgan fingerprint density at radius 3 is 2.52 bits per heavy atom. The first-order valence-corrected chi connectivity index (χ1v) is 7.49. The Hall–Kier alpha value is -2.57. The van der Waals surface area contributed by atoms with Crippen LogP contribution in [-0.2, 0) is 9.59 Å². The summed E-state index contributed by atoms with van der Waals surface area (Å²) in [5.41, 5.74) is 0.336. The van der Waals surface area contributed by atoms with Crippen molar-refractivity contribution in [3.05, 3.63) is 29.8 Å². The van der Waals surface area contributed by atoms with Crippen molar-refractivity contribution in [1.82, 2.24) is 10.2 Å². The van der Waals surface area contributed by atoms with E-state index in [2.05, 4.69) is 5.32 Å². The van der Waals surface area contributed by atoms with Gasteiger partial charge in [-0.05, 0) is 25.5 Å². The van der Waals surface area contributed by atoms with E-state index in [0.717, 1.165) is 0 Å². The van der Waals surface area contributed by atoms with Crippen molar-refractivity contribution in [2.75, 3.05) is 26.2 Å². The number of rotatable bonds is 9. The van der Waals surface area contributed by atoms with Crippen LogP contribution in [0.15, 0.2) is 24.3 Å². The molecule has 0 aliphatic heterocycles. The average molecular weight is 322 g/mol. The summed E-state index contributed by atoms with van der Waals surface area (Å²) < 4.78 is 5.37. The van der Waals surface area contributed by atoms with Crippen LogP contribution in [0.4, 0.5) is 0 Å². The molecule has 2 N–H and O–H groups in total. The molecule has 0 heterocycles. The van der Waals surface area contributed by atoms with Gasteiger partial charge in [0.2, 0.25) is 5.91 Å². The highest BCUT2D eigenvalue weighted by Gasteiger charge is 2.18. The predicted molar refractivity (Wildman–Crippen MR) is 84.5 cm³/mol. The van der Waals surface area contributed by atoms with Gasteiger partial charge in [0.1, 0.15) is 12.3 Å². The second-order valence-electron chi connectivity index (χ2n) is 4.82. The lowest BCUT2D eigenvalue weighted by Gasteiger charge is -2.20. The van der Waals surface area contributed by atoms with Gasteiger partial charge < -0.3 is 20.1 Å². The number of hydrogen-bond donors (Lipinski definition) is 2. The zero-order chi connectivity index (χ0) is 17.2. The summed E-state index contributed by atoms with van der Waals surface area (Å²) >= 11 is 0. The number of hydrogen-bond acceptors (Lipinski definition) is 4. The van der Waals surface area contributed by atoms with E-state index in [4.69, 9.17) is 9.84 Å². The molecule has 1 aromatic rings. The first-order valence-electron chi connectivity index (χ1n) is 7.49. The second-order valence-corrected chi connectivity index (χ2v) is 4.82. The molecule has 7 heteroatoms. The zero-order valence-corrected chi connectivity index (χ0v) is 13.4. The van der Waals surface area contributed by atoms with E-state index in [9.17, 15) is 14.4 Å². The highest BCUT2D eigenvalue weighted by Crippen LogP contribution is 2.17. The van der Waals surface area contributed by atoms with Crippen molar-refractivity contribution in [3.63, 3.8) is 0 Å². The van der Waals surface area contributed by atoms with Crippen LogP contribution in [0.1, 0.15) is 30.6 Å². The standard InChI is InChI=1S/C16H22N2O5/c1-3-9-18(11-15(20)21)14(19)10-17-16(22)12-7-5-6-8-13(12)23-4-2/h5-8H,3-4,9-11H2,1-2H3,(H,17,22)(H,20,21). The van der Waals surface area contributed by atoms with Gasteiger partial charge >= 0.3 is 5.97 Å². The quantitative estimate of drug-likeness (QED) is 0.711. The molecule has 1 aromatic carbocycles. The number of carboxylic acids is 1. The number of ether oxygens (including phenoxy) is 1. The Morgan fingerprint density at radius 2 is 1.91 bits per heavy atom. The second kappa shape index (κ2) is 9.45. The Balaban J connectivity index is 2.67. The van der Waals surface area contributed by atoms with Gasteiger partial charge in [-0.3, -0.25) is 14.4 Å². The maximum atomic E-state index is 12.2. The van der Waals surface area contributed by atoms with E-state index in [1.54, 1.807) is 24.3 Å². The lowest BCUT2D eigenvalue weighted by atomic mass is 10.2. The lowest BCUT2D eigenvalue weighted by molar-refractivity contribution is -0.144. The molecule has 1 rings (SSSR count). The number of carbonyl (C=O) groups is 3. The fourth-order valence-corrected chi connectivity index (χ4v) is 2.02. The van der Waals surface area contributed by atoms with Gasteiger partial charge in [-0.1, -0.05) is 19.1 Å². The molecule has 2 amide bonds. The number of amides is 2. The predicted octanol–water partition coefficient (Wildman–Crippen LogP) is 1.14. The lowest BCUT2D eigenvalue weighted by Crippen LogP contribution is -2.43. The zero-order valence-electron chi connectivity index (χ0n) is 13.4. The molecule has 0 aliphatic carbocycles. The Bertz CT molecular complexity index is 559. The van der Waals surface area contributed by atoms with Crippen LogP contribution in [-0.4, -0.2) is 54.0 Å². The highest BCUT2D eigenvalue weighted by atomic mass is 16.5. The first-order chi connectivity index (χ1) is 11.0. The number of aliphatic carboxylic acids is 1. The van der Waals surface area contributed by atoms with E-state index in [0.29, 0.717) is 30.9 Å². The molecule has 0 aromatic heterocycles. The minimum Gasteiger partial charge on any atom is -0.493 e. The number of carboxylic acid groups (broad SMARTS) is 1. The van der Waals surface area contributed by atoms with Crippen LogP contribution in [0, 0.1) is 0 Å². The molecule has 0 atom stereocenters. The minimum absolute atomic E-state index is 0.257. The van der Waals surface area contributed by atoms with Crippen LogP contribution in [0.2, 0.25) is 0 Å². The number of carbonyl (C=O) groups excluding carboxylic acids is 2. The molecule has 0 bridgehead atoms. The van der Waals surface area contributed by atoms with Crippen LogP contribution in [0.25, 0.3) is 0 Å². The van der Waals surface area contributed by atoms with Gasteiger partial charge in [-0.2, -0.15) is 0 Å². The maximum Gasteiger partial charge on any atom is 0.323 e. The number of nitrogens with zero attached hydrogens (tertiary/aromatic N) is 1. The molecular weight excluding hydrogens is 300 g/mol.